The summed E-state index contributed by atoms with van der Waals surface area (Å²) in [6, 6.07) is 6.17. The van der Waals surface area contributed by atoms with E-state index in [1.807, 2.05) is 36.2 Å². The Morgan fingerprint density at radius 2 is 2.30 bits per heavy atom. The van der Waals surface area contributed by atoms with Crippen LogP contribution in [-0.4, -0.2) is 38.7 Å². The van der Waals surface area contributed by atoms with Crippen molar-refractivity contribution in [2.45, 2.75) is 45.1 Å². The predicted molar refractivity (Wildman–Crippen MR) is 90.6 cm³/mol. The molecule has 1 unspecified atom stereocenters. The standard InChI is InChI=1S/C16H21N5OS/c1-12-19-20-15(23-12)18-16(22)21-11-5-3-7-14(21)9-8-13-6-2-4-10-17-13/h2,4,6,10,14H,3,5,7-9,11H2,1H3,(H,18,20,22). The number of pyridine rings is 1. The Kier molecular flexibility index (Phi) is 5.17. The topological polar surface area (TPSA) is 71.0 Å². The van der Waals surface area contributed by atoms with Crippen LogP contribution in [0.2, 0.25) is 0 Å². The molecule has 1 aliphatic rings. The fourth-order valence-electron chi connectivity index (χ4n) is 2.94. The van der Waals surface area contributed by atoms with Crippen molar-refractivity contribution >= 4 is 22.5 Å². The van der Waals surface area contributed by atoms with Crippen molar-refractivity contribution in [3.8, 4) is 0 Å². The van der Waals surface area contributed by atoms with Crippen molar-refractivity contribution < 1.29 is 4.79 Å². The van der Waals surface area contributed by atoms with Gasteiger partial charge in [0.05, 0.1) is 0 Å². The van der Waals surface area contributed by atoms with Crippen molar-refractivity contribution in [3.05, 3.63) is 35.1 Å². The molecule has 0 aromatic carbocycles. The van der Waals surface area contributed by atoms with Crippen LogP contribution < -0.4 is 5.32 Å². The van der Waals surface area contributed by atoms with E-state index >= 15 is 0 Å². The third-order valence-corrected chi connectivity index (χ3v) is 4.84. The van der Waals surface area contributed by atoms with Crippen molar-refractivity contribution in [2.24, 2.45) is 0 Å². The van der Waals surface area contributed by atoms with Gasteiger partial charge in [0.2, 0.25) is 5.13 Å². The van der Waals surface area contributed by atoms with Gasteiger partial charge in [-0.3, -0.25) is 10.3 Å². The van der Waals surface area contributed by atoms with Crippen LogP contribution in [0.15, 0.2) is 24.4 Å². The van der Waals surface area contributed by atoms with Gasteiger partial charge in [0, 0.05) is 24.5 Å². The molecule has 7 heteroatoms. The molecule has 3 heterocycles. The first-order chi connectivity index (χ1) is 11.2. The van der Waals surface area contributed by atoms with Crippen LogP contribution in [-0.2, 0) is 6.42 Å². The number of piperidine rings is 1. The minimum absolute atomic E-state index is 0.0631. The van der Waals surface area contributed by atoms with E-state index in [0.29, 0.717) is 5.13 Å². The number of carbonyl (C=O) groups is 1. The molecule has 1 fully saturated rings. The molecule has 0 radical (unpaired) electrons. The normalized spacial score (nSPS) is 18.0. The van der Waals surface area contributed by atoms with E-state index in [4.69, 9.17) is 0 Å². The summed E-state index contributed by atoms with van der Waals surface area (Å²) < 4.78 is 0. The molecule has 1 saturated heterocycles. The Morgan fingerprint density at radius 3 is 3.04 bits per heavy atom. The zero-order chi connectivity index (χ0) is 16.1. The number of hydrogen-bond acceptors (Lipinski definition) is 5. The summed E-state index contributed by atoms with van der Waals surface area (Å²) in [7, 11) is 0. The zero-order valence-corrected chi connectivity index (χ0v) is 14.1. The van der Waals surface area contributed by atoms with Crippen LogP contribution in [0.4, 0.5) is 9.93 Å². The first kappa shape index (κ1) is 15.9. The second-order valence-corrected chi connectivity index (χ2v) is 6.94. The quantitative estimate of drug-likeness (QED) is 0.933. The average Bonchev–Trinajstić information content (AvgIpc) is 2.99. The van der Waals surface area contributed by atoms with Crippen LogP contribution in [0.3, 0.4) is 0 Å². The van der Waals surface area contributed by atoms with Gasteiger partial charge in [-0.1, -0.05) is 17.4 Å². The second-order valence-electron chi connectivity index (χ2n) is 5.76. The van der Waals surface area contributed by atoms with E-state index in [1.54, 1.807) is 0 Å². The molecule has 0 saturated carbocycles. The van der Waals surface area contributed by atoms with Gasteiger partial charge < -0.3 is 4.90 Å². The summed E-state index contributed by atoms with van der Waals surface area (Å²) in [5.74, 6) is 0. The first-order valence-electron chi connectivity index (χ1n) is 8.00. The number of aromatic nitrogens is 3. The predicted octanol–water partition coefficient (Wildman–Crippen LogP) is 3.26. The highest BCUT2D eigenvalue weighted by Crippen LogP contribution is 2.23. The van der Waals surface area contributed by atoms with Crippen molar-refractivity contribution in [2.75, 3.05) is 11.9 Å². The van der Waals surface area contributed by atoms with Crippen molar-refractivity contribution in [1.29, 1.82) is 0 Å². The monoisotopic (exact) mass is 331 g/mol. The minimum Gasteiger partial charge on any atom is -0.321 e. The molecule has 23 heavy (non-hydrogen) atoms. The second kappa shape index (κ2) is 7.50. The highest BCUT2D eigenvalue weighted by atomic mass is 32.1. The molecule has 1 aliphatic heterocycles. The van der Waals surface area contributed by atoms with Crippen LogP contribution >= 0.6 is 11.3 Å². The van der Waals surface area contributed by atoms with Crippen molar-refractivity contribution in [1.82, 2.24) is 20.1 Å². The van der Waals surface area contributed by atoms with E-state index in [2.05, 4.69) is 20.5 Å². The summed E-state index contributed by atoms with van der Waals surface area (Å²) in [5, 5.41) is 12.2. The Bertz CT molecular complexity index is 645. The first-order valence-corrected chi connectivity index (χ1v) is 8.81. The van der Waals surface area contributed by atoms with Gasteiger partial charge in [-0.25, -0.2) is 4.79 Å². The van der Waals surface area contributed by atoms with Gasteiger partial charge in [-0.2, -0.15) is 0 Å². The lowest BCUT2D eigenvalue weighted by Gasteiger charge is -2.35. The van der Waals surface area contributed by atoms with E-state index < -0.39 is 0 Å². The number of aryl methyl sites for hydroxylation is 2. The van der Waals surface area contributed by atoms with Crippen LogP contribution in [0.5, 0.6) is 0 Å². The molecular weight excluding hydrogens is 310 g/mol. The lowest BCUT2D eigenvalue weighted by molar-refractivity contribution is 0.158. The number of nitrogens with one attached hydrogen (secondary N) is 1. The number of nitrogens with zero attached hydrogens (tertiary/aromatic N) is 4. The van der Waals surface area contributed by atoms with Gasteiger partial charge in [-0.15, -0.1) is 10.2 Å². The summed E-state index contributed by atoms with van der Waals surface area (Å²) in [6.45, 7) is 2.68. The van der Waals surface area contributed by atoms with Gasteiger partial charge in [0.25, 0.3) is 0 Å². The maximum atomic E-state index is 12.5. The highest BCUT2D eigenvalue weighted by Gasteiger charge is 2.27. The summed E-state index contributed by atoms with van der Waals surface area (Å²) in [6.07, 6.45) is 6.94. The number of rotatable bonds is 4. The Labute approximate surface area is 140 Å². The third kappa shape index (κ3) is 4.25. The smallest absolute Gasteiger partial charge is 0.321 e. The lowest BCUT2D eigenvalue weighted by Crippen LogP contribution is -2.46. The number of urea groups is 1. The van der Waals surface area contributed by atoms with E-state index in [0.717, 1.165) is 42.9 Å². The zero-order valence-electron chi connectivity index (χ0n) is 13.2. The van der Waals surface area contributed by atoms with Gasteiger partial charge in [-0.05, 0) is 51.2 Å². The lowest BCUT2D eigenvalue weighted by atomic mass is 9.97. The minimum atomic E-state index is -0.0631. The molecule has 2 aromatic rings. The number of likely N-dealkylation sites (tertiary alicyclic amines) is 1. The van der Waals surface area contributed by atoms with Crippen molar-refractivity contribution in [3.63, 3.8) is 0 Å². The maximum Gasteiger partial charge on any atom is 0.323 e. The molecule has 122 valence electrons. The summed E-state index contributed by atoms with van der Waals surface area (Å²) in [5.41, 5.74) is 1.08. The molecular formula is C16H21N5OS. The Morgan fingerprint density at radius 1 is 1.39 bits per heavy atom. The molecule has 1 N–H and O–H groups in total. The SMILES string of the molecule is Cc1nnc(NC(=O)N2CCCCC2CCc2ccccn2)s1. The molecule has 0 aliphatic carbocycles. The fourth-order valence-corrected chi connectivity index (χ4v) is 3.52. The van der Waals surface area contributed by atoms with Crippen LogP contribution in [0, 0.1) is 6.92 Å². The molecule has 1 atom stereocenters. The van der Waals surface area contributed by atoms with Gasteiger partial charge in [0.15, 0.2) is 0 Å². The molecule has 2 aromatic heterocycles. The number of hydrogen-bond donors (Lipinski definition) is 1. The van der Waals surface area contributed by atoms with Crippen LogP contribution in [0.1, 0.15) is 36.4 Å². The number of amides is 2. The summed E-state index contributed by atoms with van der Waals surface area (Å²) >= 11 is 1.40. The van der Waals surface area contributed by atoms with E-state index in [9.17, 15) is 4.79 Å². The number of anilines is 1. The van der Waals surface area contributed by atoms with Gasteiger partial charge >= 0.3 is 6.03 Å². The Hall–Kier alpha value is -2.02. The highest BCUT2D eigenvalue weighted by molar-refractivity contribution is 7.15. The van der Waals surface area contributed by atoms with E-state index in [-0.39, 0.29) is 12.1 Å². The van der Waals surface area contributed by atoms with Gasteiger partial charge in [0.1, 0.15) is 5.01 Å². The molecule has 2 amide bonds. The molecule has 0 bridgehead atoms. The molecule has 0 spiro atoms. The maximum absolute atomic E-state index is 12.5. The summed E-state index contributed by atoms with van der Waals surface area (Å²) in [4.78, 5) is 18.9. The van der Waals surface area contributed by atoms with Crippen LogP contribution in [0.25, 0.3) is 0 Å². The van der Waals surface area contributed by atoms with E-state index in [1.165, 1.54) is 17.8 Å². The molecule has 6 nitrogen and oxygen atoms in total. The fraction of sp³-hybridized carbons (Fsp3) is 0.500. The third-order valence-electron chi connectivity index (χ3n) is 4.09. The largest absolute Gasteiger partial charge is 0.323 e. The molecule has 3 rings (SSSR count). The Balaban J connectivity index is 1.60. The average molecular weight is 331 g/mol. The number of carbonyl (C=O) groups excluding carboxylic acids is 1.